The molecule has 1 aliphatic heterocycles. The number of rotatable bonds is 2. The summed E-state index contributed by atoms with van der Waals surface area (Å²) in [5, 5.41) is 38.5. The van der Waals surface area contributed by atoms with Crippen molar-refractivity contribution in [2.75, 3.05) is 7.11 Å². The third-order valence-corrected chi connectivity index (χ3v) is 3.59. The molecule has 6 heteroatoms. The Hall–Kier alpha value is -2.73. The first-order chi connectivity index (χ1) is 10.5. The predicted molar refractivity (Wildman–Crippen MR) is 77.5 cm³/mol. The van der Waals surface area contributed by atoms with E-state index >= 15 is 0 Å². The number of carbonyl (C=O) groups excluding carboxylic acids is 1. The lowest BCUT2D eigenvalue weighted by atomic mass is 9.93. The second-order valence-corrected chi connectivity index (χ2v) is 4.97. The highest BCUT2D eigenvalue weighted by molar-refractivity contribution is 6.05. The second kappa shape index (κ2) is 5.23. The van der Waals surface area contributed by atoms with E-state index in [1.807, 2.05) is 0 Å². The number of allylic oxidation sites excluding steroid dienone is 1. The highest BCUT2D eigenvalue weighted by atomic mass is 16.5. The van der Waals surface area contributed by atoms with Gasteiger partial charge in [-0.15, -0.1) is 0 Å². The number of methoxy groups -OCH3 is 1. The van der Waals surface area contributed by atoms with E-state index < -0.39 is 12.0 Å². The van der Waals surface area contributed by atoms with E-state index in [1.54, 1.807) is 18.2 Å². The summed E-state index contributed by atoms with van der Waals surface area (Å²) in [5.74, 6) is -0.0262. The molecule has 0 aromatic heterocycles. The molecule has 1 aromatic rings. The van der Waals surface area contributed by atoms with Gasteiger partial charge in [-0.2, -0.15) is 0 Å². The number of aliphatic hydroxyl groups is 2. The minimum Gasteiger partial charge on any atom is -0.506 e. The number of ether oxygens (including phenoxy) is 1. The molecule has 2 unspecified atom stereocenters. The molecule has 3 rings (SSSR count). The third kappa shape index (κ3) is 2.23. The van der Waals surface area contributed by atoms with Gasteiger partial charge in [-0.1, -0.05) is 6.08 Å². The second-order valence-electron chi connectivity index (χ2n) is 4.97. The molecule has 0 saturated carbocycles. The Kier molecular flexibility index (Phi) is 3.38. The molecule has 1 heterocycles. The van der Waals surface area contributed by atoms with Crippen LogP contribution < -0.4 is 0 Å². The largest absolute Gasteiger partial charge is 0.506 e. The summed E-state index contributed by atoms with van der Waals surface area (Å²) < 4.78 is 10.9. The summed E-state index contributed by atoms with van der Waals surface area (Å²) in [4.78, 5) is 0. The Bertz CT molecular complexity index is 741. The minimum absolute atomic E-state index is 0.219. The maximum absolute atomic E-state index is 9.83. The van der Waals surface area contributed by atoms with Gasteiger partial charge in [-0.05, 0) is 12.1 Å². The lowest BCUT2D eigenvalue weighted by Crippen LogP contribution is -2.24. The molecule has 0 bridgehead atoms. The third-order valence-electron chi connectivity index (χ3n) is 3.59. The van der Waals surface area contributed by atoms with E-state index in [4.69, 9.17) is 9.16 Å². The highest BCUT2D eigenvalue weighted by Gasteiger charge is 2.40. The van der Waals surface area contributed by atoms with Crippen LogP contribution in [0.1, 0.15) is 9.99 Å². The number of benzene rings is 1. The molecule has 22 heavy (non-hydrogen) atoms. The fourth-order valence-electron chi connectivity index (χ4n) is 2.46. The SMILES string of the molecule is COC1=C(O)C(O)C=C2[O+]=C(c3ccc(O)c(O)c3)C=CC21. The molecule has 0 spiro atoms. The summed E-state index contributed by atoms with van der Waals surface area (Å²) in [7, 11) is 1.41. The number of aromatic hydroxyl groups is 2. The first-order valence-electron chi connectivity index (χ1n) is 6.63. The van der Waals surface area contributed by atoms with Crippen molar-refractivity contribution < 1.29 is 29.6 Å². The molecule has 1 aliphatic carbocycles. The van der Waals surface area contributed by atoms with Crippen LogP contribution in [0.5, 0.6) is 11.5 Å². The minimum atomic E-state index is -1.19. The average Bonchev–Trinajstić information content (AvgIpc) is 2.51. The average molecular weight is 303 g/mol. The first kappa shape index (κ1) is 14.2. The van der Waals surface area contributed by atoms with Crippen LogP contribution in [0.15, 0.2) is 53.7 Å². The summed E-state index contributed by atoms with van der Waals surface area (Å²) >= 11 is 0. The van der Waals surface area contributed by atoms with Crippen LogP contribution in [-0.2, 0) is 4.74 Å². The lowest BCUT2D eigenvalue weighted by Gasteiger charge is -2.20. The molecule has 0 radical (unpaired) electrons. The van der Waals surface area contributed by atoms with Crippen LogP contribution in [0, 0.1) is 5.92 Å². The number of phenolic OH excluding ortho intramolecular Hbond substituents is 2. The molecule has 0 saturated heterocycles. The van der Waals surface area contributed by atoms with Gasteiger partial charge in [-0.3, -0.25) is 0 Å². The van der Waals surface area contributed by atoms with Crippen molar-refractivity contribution in [3.63, 3.8) is 0 Å². The Morgan fingerprint density at radius 1 is 1.14 bits per heavy atom. The molecule has 0 fully saturated rings. The van der Waals surface area contributed by atoms with Crippen molar-refractivity contribution in [2.45, 2.75) is 6.10 Å². The van der Waals surface area contributed by atoms with Gasteiger partial charge in [0.1, 0.15) is 6.10 Å². The highest BCUT2D eigenvalue weighted by Crippen LogP contribution is 2.35. The summed E-state index contributed by atoms with van der Waals surface area (Å²) in [5.41, 5.74) is 0.568. The van der Waals surface area contributed by atoms with Crippen LogP contribution in [-0.4, -0.2) is 39.4 Å². The van der Waals surface area contributed by atoms with Crippen LogP contribution in [0.2, 0.25) is 0 Å². The van der Waals surface area contributed by atoms with Crippen molar-refractivity contribution in [2.24, 2.45) is 5.92 Å². The van der Waals surface area contributed by atoms with E-state index in [0.717, 1.165) is 0 Å². The number of aliphatic hydroxyl groups excluding tert-OH is 2. The van der Waals surface area contributed by atoms with E-state index in [9.17, 15) is 20.4 Å². The van der Waals surface area contributed by atoms with E-state index in [0.29, 0.717) is 17.1 Å². The van der Waals surface area contributed by atoms with Crippen molar-refractivity contribution in [3.8, 4) is 11.5 Å². The fraction of sp³-hybridized carbons (Fsp3) is 0.188. The van der Waals surface area contributed by atoms with Gasteiger partial charge in [0.15, 0.2) is 28.9 Å². The van der Waals surface area contributed by atoms with Gasteiger partial charge in [0, 0.05) is 12.1 Å². The number of phenols is 2. The summed E-state index contributed by atoms with van der Waals surface area (Å²) in [6.45, 7) is 0. The number of hydrogen-bond donors (Lipinski definition) is 4. The van der Waals surface area contributed by atoms with Crippen molar-refractivity contribution in [1.29, 1.82) is 0 Å². The molecule has 1 aromatic carbocycles. The number of fused-ring (bicyclic) bond motifs is 1. The monoisotopic (exact) mass is 303 g/mol. The normalized spacial score (nSPS) is 23.7. The fourth-order valence-corrected chi connectivity index (χ4v) is 2.46. The molecule has 4 N–H and O–H groups in total. The van der Waals surface area contributed by atoms with Crippen molar-refractivity contribution >= 4 is 5.78 Å². The molecule has 6 nitrogen and oxygen atoms in total. The zero-order valence-corrected chi connectivity index (χ0v) is 11.7. The smallest absolute Gasteiger partial charge is 0.360 e. The van der Waals surface area contributed by atoms with E-state index in [1.165, 1.54) is 25.3 Å². The van der Waals surface area contributed by atoms with E-state index in [-0.39, 0.29) is 23.0 Å². The first-order valence-corrected chi connectivity index (χ1v) is 6.63. The molecule has 114 valence electrons. The lowest BCUT2D eigenvalue weighted by molar-refractivity contribution is -0.217. The maximum Gasteiger partial charge on any atom is 0.360 e. The van der Waals surface area contributed by atoms with Gasteiger partial charge in [0.25, 0.3) is 0 Å². The van der Waals surface area contributed by atoms with Crippen LogP contribution >= 0.6 is 0 Å². The molecular weight excluding hydrogens is 288 g/mol. The molecule has 2 atom stereocenters. The van der Waals surface area contributed by atoms with Gasteiger partial charge in [0.2, 0.25) is 0 Å². The summed E-state index contributed by atoms with van der Waals surface area (Å²) in [6.07, 6.45) is 3.64. The summed E-state index contributed by atoms with van der Waals surface area (Å²) in [6, 6.07) is 4.33. The zero-order valence-electron chi connectivity index (χ0n) is 11.7. The van der Waals surface area contributed by atoms with Crippen molar-refractivity contribution in [1.82, 2.24) is 0 Å². The number of ketones is 1. The van der Waals surface area contributed by atoms with Gasteiger partial charge >= 0.3 is 11.5 Å². The molecule has 0 amide bonds. The van der Waals surface area contributed by atoms with Crippen molar-refractivity contribution in [3.05, 3.63) is 59.3 Å². The van der Waals surface area contributed by atoms with Crippen LogP contribution in [0.25, 0.3) is 0 Å². The molecular formula is C16H15O6+. The Balaban J connectivity index is 2.00. The van der Waals surface area contributed by atoms with Crippen LogP contribution in [0.3, 0.4) is 0 Å². The quantitative estimate of drug-likeness (QED) is 0.492. The zero-order chi connectivity index (χ0) is 15.9. The van der Waals surface area contributed by atoms with Crippen LogP contribution in [0.4, 0.5) is 0 Å². The van der Waals surface area contributed by atoms with Gasteiger partial charge < -0.3 is 25.2 Å². The van der Waals surface area contributed by atoms with E-state index in [2.05, 4.69) is 0 Å². The maximum atomic E-state index is 9.83. The van der Waals surface area contributed by atoms with Gasteiger partial charge in [-0.25, -0.2) is 4.42 Å². The Morgan fingerprint density at radius 3 is 2.59 bits per heavy atom. The van der Waals surface area contributed by atoms with Gasteiger partial charge in [0.05, 0.1) is 18.7 Å². The Morgan fingerprint density at radius 2 is 1.91 bits per heavy atom. The topological polar surface area (TPSA) is 101 Å². The number of hydrogen-bond acceptors (Lipinski definition) is 5. The molecule has 2 aliphatic rings. The predicted octanol–water partition coefficient (Wildman–Crippen LogP) is 1.68. The standard InChI is InChI=1S/C16H14O6/c1-21-16-9-3-5-13(8-2-4-10(17)11(18)6-8)22-14(9)7-12(19)15(16)20/h2-7,9,12,19H,1H3,(H2-,17,18,20)/p+1. The Labute approximate surface area is 126 Å².